The normalized spacial score (nSPS) is 28.6. The number of carbonyl (C=O) groups is 1. The number of rotatable bonds is 5. The molecule has 2 aliphatic rings. The van der Waals surface area contributed by atoms with E-state index in [-0.39, 0.29) is 11.9 Å². The van der Waals surface area contributed by atoms with Crippen LogP contribution in [0, 0.1) is 5.92 Å². The van der Waals surface area contributed by atoms with Gasteiger partial charge < -0.3 is 20.6 Å². The molecule has 0 saturated carbocycles. The standard InChI is InChI=1S/C15H29N3O2/c1-15(2,20)11-18-8-4-5-12(10-18)9-17-14(19)13-6-3-7-16-13/h12-13,16,20H,3-11H2,1-2H3,(H,17,19). The summed E-state index contributed by atoms with van der Waals surface area (Å²) in [6.07, 6.45) is 4.38. The van der Waals surface area contributed by atoms with Crippen LogP contribution in [0.1, 0.15) is 39.5 Å². The molecule has 0 aliphatic carbocycles. The predicted molar refractivity (Wildman–Crippen MR) is 79.5 cm³/mol. The van der Waals surface area contributed by atoms with Gasteiger partial charge in [0.2, 0.25) is 5.91 Å². The number of nitrogens with one attached hydrogen (secondary N) is 2. The molecule has 2 aliphatic heterocycles. The van der Waals surface area contributed by atoms with E-state index in [4.69, 9.17) is 0 Å². The maximum atomic E-state index is 12.0. The maximum absolute atomic E-state index is 12.0. The molecule has 20 heavy (non-hydrogen) atoms. The highest BCUT2D eigenvalue weighted by Crippen LogP contribution is 2.18. The third kappa shape index (κ3) is 5.04. The molecule has 0 aromatic rings. The van der Waals surface area contributed by atoms with Crippen LogP contribution in [-0.4, -0.2) is 60.3 Å². The molecule has 2 atom stereocenters. The van der Waals surface area contributed by atoms with Crippen molar-refractivity contribution in [1.29, 1.82) is 0 Å². The Morgan fingerprint density at radius 1 is 1.40 bits per heavy atom. The summed E-state index contributed by atoms with van der Waals surface area (Å²) in [5.74, 6) is 0.665. The van der Waals surface area contributed by atoms with Crippen LogP contribution < -0.4 is 10.6 Å². The molecule has 0 aromatic heterocycles. The van der Waals surface area contributed by atoms with Gasteiger partial charge in [0.15, 0.2) is 0 Å². The Morgan fingerprint density at radius 2 is 2.20 bits per heavy atom. The van der Waals surface area contributed by atoms with Gasteiger partial charge in [-0.3, -0.25) is 4.79 Å². The van der Waals surface area contributed by atoms with Crippen LogP contribution in [0.3, 0.4) is 0 Å². The largest absolute Gasteiger partial charge is 0.389 e. The Kier molecular flexibility index (Phi) is 5.41. The molecule has 2 unspecified atom stereocenters. The number of carbonyl (C=O) groups excluding carboxylic acids is 1. The van der Waals surface area contributed by atoms with Crippen molar-refractivity contribution < 1.29 is 9.90 Å². The van der Waals surface area contributed by atoms with Crippen LogP contribution in [0.15, 0.2) is 0 Å². The van der Waals surface area contributed by atoms with Crippen molar-refractivity contribution in [2.75, 3.05) is 32.7 Å². The van der Waals surface area contributed by atoms with Crippen LogP contribution in [0.5, 0.6) is 0 Å². The summed E-state index contributed by atoms with van der Waals surface area (Å²) in [7, 11) is 0. The highest BCUT2D eigenvalue weighted by atomic mass is 16.3. The van der Waals surface area contributed by atoms with Crippen molar-refractivity contribution in [3.8, 4) is 0 Å². The van der Waals surface area contributed by atoms with E-state index < -0.39 is 5.60 Å². The topological polar surface area (TPSA) is 64.6 Å². The van der Waals surface area contributed by atoms with Crippen molar-refractivity contribution in [2.45, 2.75) is 51.2 Å². The van der Waals surface area contributed by atoms with Crippen molar-refractivity contribution in [1.82, 2.24) is 15.5 Å². The van der Waals surface area contributed by atoms with Gasteiger partial charge in [-0.15, -0.1) is 0 Å². The van der Waals surface area contributed by atoms with Crippen molar-refractivity contribution in [2.24, 2.45) is 5.92 Å². The van der Waals surface area contributed by atoms with Gasteiger partial charge >= 0.3 is 0 Å². The molecule has 5 heteroatoms. The number of hydrogen-bond acceptors (Lipinski definition) is 4. The summed E-state index contributed by atoms with van der Waals surface area (Å²) in [6.45, 7) is 8.16. The van der Waals surface area contributed by atoms with Gasteiger partial charge in [0, 0.05) is 19.6 Å². The predicted octanol–water partition coefficient (Wildman–Crippen LogP) is 0.338. The molecule has 2 saturated heterocycles. The number of aliphatic hydroxyl groups is 1. The molecular formula is C15H29N3O2. The van der Waals surface area contributed by atoms with E-state index in [1.165, 1.54) is 6.42 Å². The van der Waals surface area contributed by atoms with Gasteiger partial charge in [0.05, 0.1) is 11.6 Å². The average molecular weight is 283 g/mol. The molecule has 2 heterocycles. The first-order valence-corrected chi connectivity index (χ1v) is 7.90. The van der Waals surface area contributed by atoms with Crippen molar-refractivity contribution in [3.63, 3.8) is 0 Å². The van der Waals surface area contributed by atoms with E-state index in [2.05, 4.69) is 15.5 Å². The van der Waals surface area contributed by atoms with Crippen LogP contribution >= 0.6 is 0 Å². The first kappa shape index (κ1) is 15.7. The fourth-order valence-electron chi connectivity index (χ4n) is 3.29. The van der Waals surface area contributed by atoms with E-state index in [0.29, 0.717) is 12.5 Å². The molecule has 116 valence electrons. The second-order valence-corrected chi connectivity index (χ2v) is 6.95. The molecule has 5 nitrogen and oxygen atoms in total. The SMILES string of the molecule is CC(C)(O)CN1CCCC(CNC(=O)C2CCCN2)C1. The Morgan fingerprint density at radius 3 is 2.85 bits per heavy atom. The number of β-amino-alcohol motifs (C(OH)–C–C–N with tert-alkyl or cyclic N) is 1. The highest BCUT2D eigenvalue weighted by molar-refractivity contribution is 5.81. The van der Waals surface area contributed by atoms with Gasteiger partial charge in [0.1, 0.15) is 0 Å². The lowest BCUT2D eigenvalue weighted by molar-refractivity contribution is -0.123. The third-order valence-electron chi connectivity index (χ3n) is 4.16. The van der Waals surface area contributed by atoms with Gasteiger partial charge in [0.25, 0.3) is 0 Å². The Balaban J connectivity index is 1.71. The van der Waals surface area contributed by atoms with E-state index in [1.807, 2.05) is 13.8 Å². The smallest absolute Gasteiger partial charge is 0.237 e. The van der Waals surface area contributed by atoms with Gasteiger partial charge in [-0.1, -0.05) is 0 Å². The molecule has 1 amide bonds. The van der Waals surface area contributed by atoms with E-state index in [9.17, 15) is 9.90 Å². The molecular weight excluding hydrogens is 254 g/mol. The number of amides is 1. The Hall–Kier alpha value is -0.650. The van der Waals surface area contributed by atoms with Gasteiger partial charge in [-0.25, -0.2) is 0 Å². The fraction of sp³-hybridized carbons (Fsp3) is 0.933. The molecule has 2 rings (SSSR count). The minimum absolute atomic E-state index is 0.0195. The minimum Gasteiger partial charge on any atom is -0.389 e. The number of likely N-dealkylation sites (tertiary alicyclic amines) is 1. The van der Waals surface area contributed by atoms with Crippen LogP contribution in [0.25, 0.3) is 0 Å². The zero-order valence-corrected chi connectivity index (χ0v) is 12.8. The molecule has 0 radical (unpaired) electrons. The van der Waals surface area contributed by atoms with E-state index in [1.54, 1.807) is 0 Å². The number of hydrogen-bond donors (Lipinski definition) is 3. The first-order valence-electron chi connectivity index (χ1n) is 7.90. The van der Waals surface area contributed by atoms with E-state index in [0.717, 1.165) is 45.4 Å². The summed E-state index contributed by atoms with van der Waals surface area (Å²) < 4.78 is 0. The van der Waals surface area contributed by atoms with Crippen molar-refractivity contribution in [3.05, 3.63) is 0 Å². The Labute approximate surface area is 122 Å². The fourth-order valence-corrected chi connectivity index (χ4v) is 3.29. The lowest BCUT2D eigenvalue weighted by Gasteiger charge is -2.36. The molecule has 2 fully saturated rings. The second-order valence-electron chi connectivity index (χ2n) is 6.95. The van der Waals surface area contributed by atoms with Gasteiger partial charge in [-0.2, -0.15) is 0 Å². The van der Waals surface area contributed by atoms with Crippen LogP contribution in [0.2, 0.25) is 0 Å². The number of nitrogens with zero attached hydrogens (tertiary/aromatic N) is 1. The summed E-state index contributed by atoms with van der Waals surface area (Å²) >= 11 is 0. The molecule has 0 spiro atoms. The lowest BCUT2D eigenvalue weighted by atomic mass is 9.96. The molecule has 0 bridgehead atoms. The Bertz CT molecular complexity index is 322. The van der Waals surface area contributed by atoms with Crippen LogP contribution in [-0.2, 0) is 4.79 Å². The number of piperidine rings is 1. The zero-order chi connectivity index (χ0) is 14.6. The monoisotopic (exact) mass is 283 g/mol. The summed E-state index contributed by atoms with van der Waals surface area (Å²) in [5, 5.41) is 16.2. The molecule has 0 aromatic carbocycles. The quantitative estimate of drug-likeness (QED) is 0.681. The second kappa shape index (κ2) is 6.87. The summed E-state index contributed by atoms with van der Waals surface area (Å²) in [6, 6.07) is 0.0195. The first-order chi connectivity index (χ1) is 9.44. The van der Waals surface area contributed by atoms with Gasteiger partial charge in [-0.05, 0) is 58.5 Å². The summed E-state index contributed by atoms with van der Waals surface area (Å²) in [4.78, 5) is 14.3. The maximum Gasteiger partial charge on any atom is 0.237 e. The third-order valence-corrected chi connectivity index (χ3v) is 4.16. The van der Waals surface area contributed by atoms with E-state index >= 15 is 0 Å². The van der Waals surface area contributed by atoms with Crippen molar-refractivity contribution >= 4 is 5.91 Å². The van der Waals surface area contributed by atoms with Crippen LogP contribution in [0.4, 0.5) is 0 Å². The minimum atomic E-state index is -0.640. The zero-order valence-electron chi connectivity index (χ0n) is 12.8. The summed E-state index contributed by atoms with van der Waals surface area (Å²) in [5.41, 5.74) is -0.640. The average Bonchev–Trinajstić information content (AvgIpc) is 2.88. The molecule has 3 N–H and O–H groups in total. The highest BCUT2D eigenvalue weighted by Gasteiger charge is 2.26. The lowest BCUT2D eigenvalue weighted by Crippen LogP contribution is -2.48.